The van der Waals surface area contributed by atoms with Crippen molar-refractivity contribution < 1.29 is 4.84 Å². The smallest absolute Gasteiger partial charge is 0.0786 e. The summed E-state index contributed by atoms with van der Waals surface area (Å²) in [6.45, 7) is 8.56. The van der Waals surface area contributed by atoms with Crippen molar-refractivity contribution in [3.63, 3.8) is 0 Å². The van der Waals surface area contributed by atoms with Gasteiger partial charge in [-0.2, -0.15) is 0 Å². The predicted molar refractivity (Wildman–Crippen MR) is 54.9 cm³/mol. The van der Waals surface area contributed by atoms with Gasteiger partial charge >= 0.3 is 0 Å². The minimum atomic E-state index is 0.0718. The van der Waals surface area contributed by atoms with Crippen molar-refractivity contribution in [3.8, 4) is 0 Å². The van der Waals surface area contributed by atoms with Gasteiger partial charge < -0.3 is 10.0 Å². The van der Waals surface area contributed by atoms with Crippen LogP contribution in [0.25, 0.3) is 0 Å². The fourth-order valence-electron chi connectivity index (χ4n) is 1.44. The molecule has 0 unspecified atom stereocenters. The van der Waals surface area contributed by atoms with Gasteiger partial charge in [-0.05, 0) is 31.7 Å². The van der Waals surface area contributed by atoms with Crippen molar-refractivity contribution in [2.45, 2.75) is 46.6 Å². The van der Waals surface area contributed by atoms with Crippen LogP contribution in [0.1, 0.15) is 40.5 Å². The molecule has 0 amide bonds. The second kappa shape index (κ2) is 6.35. The van der Waals surface area contributed by atoms with Gasteiger partial charge in [0.15, 0.2) is 0 Å². The van der Waals surface area contributed by atoms with E-state index >= 15 is 0 Å². The summed E-state index contributed by atoms with van der Waals surface area (Å²) < 4.78 is 0. The van der Waals surface area contributed by atoms with Crippen molar-refractivity contribution in [1.82, 2.24) is 5.23 Å². The van der Waals surface area contributed by atoms with Gasteiger partial charge in [0.25, 0.3) is 0 Å². The van der Waals surface area contributed by atoms with Gasteiger partial charge in [0.1, 0.15) is 0 Å². The zero-order valence-electron chi connectivity index (χ0n) is 9.41. The minimum absolute atomic E-state index is 0.0718. The second-order valence-electron chi connectivity index (χ2n) is 4.43. The van der Waals surface area contributed by atoms with Crippen molar-refractivity contribution in [2.24, 2.45) is 11.8 Å². The molecule has 0 aliphatic carbocycles. The largest absolute Gasteiger partial charge is 0.762 e. The lowest BCUT2D eigenvalue weighted by molar-refractivity contribution is -0.158. The molecule has 80 valence electrons. The van der Waals surface area contributed by atoms with Crippen LogP contribution in [-0.2, 0) is 4.84 Å². The summed E-state index contributed by atoms with van der Waals surface area (Å²) in [6.07, 6.45) is 1.97. The molecule has 0 bridgehead atoms. The molecule has 0 N–H and O–H groups in total. The molecule has 0 spiro atoms. The van der Waals surface area contributed by atoms with Gasteiger partial charge in [-0.1, -0.05) is 27.7 Å². The van der Waals surface area contributed by atoms with Gasteiger partial charge in [0.05, 0.1) is 6.10 Å². The Bertz CT molecular complexity index is 100. The Kier molecular flexibility index (Phi) is 6.29. The number of hydrogen-bond donors (Lipinski definition) is 0. The molecule has 0 rings (SSSR count). The van der Waals surface area contributed by atoms with Crippen LogP contribution in [0.3, 0.4) is 0 Å². The molecule has 0 aliphatic heterocycles. The van der Waals surface area contributed by atoms with Gasteiger partial charge in [0.2, 0.25) is 0 Å². The van der Waals surface area contributed by atoms with Gasteiger partial charge in [0, 0.05) is 0 Å². The third-order valence-corrected chi connectivity index (χ3v) is 1.77. The Hall–Kier alpha value is -0.120. The zero-order valence-corrected chi connectivity index (χ0v) is 9.41. The lowest BCUT2D eigenvalue weighted by Crippen LogP contribution is -2.24. The van der Waals surface area contributed by atoms with E-state index in [0.29, 0.717) is 17.1 Å². The Morgan fingerprint density at radius 3 is 1.69 bits per heavy atom. The maximum atomic E-state index is 10.7. The summed E-state index contributed by atoms with van der Waals surface area (Å²) in [4.78, 5) is 5.15. The second-order valence-corrected chi connectivity index (χ2v) is 4.43. The summed E-state index contributed by atoms with van der Waals surface area (Å²) in [5.74, 6) is 1.15. The van der Waals surface area contributed by atoms with Crippen LogP contribution >= 0.6 is 0 Å². The first-order valence-electron chi connectivity index (χ1n) is 4.99. The Labute approximate surface area is 81.6 Å². The first-order valence-corrected chi connectivity index (χ1v) is 4.99. The first-order chi connectivity index (χ1) is 5.91. The van der Waals surface area contributed by atoms with E-state index in [1.165, 1.54) is 7.05 Å². The molecule has 0 saturated carbocycles. The molecule has 0 aromatic carbocycles. The van der Waals surface area contributed by atoms with Crippen LogP contribution < -0.4 is 0 Å². The molecule has 0 aliphatic rings. The molecule has 3 nitrogen and oxygen atoms in total. The summed E-state index contributed by atoms with van der Waals surface area (Å²) in [6, 6.07) is 0. The molecular formula is C10H22NO2-. The van der Waals surface area contributed by atoms with Crippen molar-refractivity contribution in [3.05, 3.63) is 5.21 Å². The molecule has 0 aromatic heterocycles. The maximum absolute atomic E-state index is 10.7. The van der Waals surface area contributed by atoms with Crippen LogP contribution in [0.2, 0.25) is 0 Å². The molecule has 0 radical (unpaired) electrons. The molecular weight excluding hydrogens is 166 g/mol. The molecule has 13 heavy (non-hydrogen) atoms. The highest BCUT2D eigenvalue weighted by atomic mass is 16.9. The summed E-state index contributed by atoms with van der Waals surface area (Å²) in [7, 11) is 1.40. The molecule has 0 heterocycles. The molecule has 3 heteroatoms. The average Bonchev–Trinajstić information content (AvgIpc) is 1.80. The Morgan fingerprint density at radius 1 is 1.08 bits per heavy atom. The number of hydrogen-bond acceptors (Lipinski definition) is 3. The monoisotopic (exact) mass is 188 g/mol. The Balaban J connectivity index is 3.87. The molecule has 0 fully saturated rings. The SMILES string of the molecule is CC(C)CC(CC(C)C)ON(C)[O-]. The van der Waals surface area contributed by atoms with E-state index in [9.17, 15) is 5.21 Å². The Morgan fingerprint density at radius 2 is 1.46 bits per heavy atom. The highest BCUT2D eigenvalue weighted by Crippen LogP contribution is 2.16. The summed E-state index contributed by atoms with van der Waals surface area (Å²) >= 11 is 0. The summed E-state index contributed by atoms with van der Waals surface area (Å²) in [5, 5.41) is 11.3. The van der Waals surface area contributed by atoms with Crippen LogP contribution in [0.4, 0.5) is 0 Å². The van der Waals surface area contributed by atoms with Crippen LogP contribution in [-0.4, -0.2) is 18.4 Å². The standard InChI is InChI=1S/C10H22NO2/c1-8(2)6-10(7-9(3)4)13-11(5)12/h8-10H,6-7H2,1-5H3/q-1. The van der Waals surface area contributed by atoms with Crippen molar-refractivity contribution in [1.29, 1.82) is 0 Å². The van der Waals surface area contributed by atoms with Gasteiger partial charge in [-0.15, -0.1) is 0 Å². The molecule has 0 aromatic rings. The predicted octanol–water partition coefficient (Wildman–Crippen LogP) is 2.81. The van der Waals surface area contributed by atoms with E-state index in [4.69, 9.17) is 4.84 Å². The third kappa shape index (κ3) is 8.22. The quantitative estimate of drug-likeness (QED) is 0.601. The number of hydroxylamine groups is 2. The van der Waals surface area contributed by atoms with E-state index in [1.807, 2.05) is 0 Å². The van der Waals surface area contributed by atoms with Crippen LogP contribution in [0.15, 0.2) is 0 Å². The molecule has 0 saturated heterocycles. The lowest BCUT2D eigenvalue weighted by atomic mass is 9.98. The summed E-state index contributed by atoms with van der Waals surface area (Å²) in [5.41, 5.74) is 0. The van der Waals surface area contributed by atoms with Gasteiger partial charge in [-0.25, -0.2) is 0 Å². The van der Waals surface area contributed by atoms with E-state index in [0.717, 1.165) is 12.8 Å². The fraction of sp³-hybridized carbons (Fsp3) is 1.00. The highest BCUT2D eigenvalue weighted by molar-refractivity contribution is 4.62. The highest BCUT2D eigenvalue weighted by Gasteiger charge is 2.13. The molecule has 0 atom stereocenters. The van der Waals surface area contributed by atoms with Crippen molar-refractivity contribution in [2.75, 3.05) is 7.05 Å². The number of nitrogens with zero attached hydrogens (tertiary/aromatic N) is 1. The van der Waals surface area contributed by atoms with Crippen LogP contribution in [0.5, 0.6) is 0 Å². The topological polar surface area (TPSA) is 35.5 Å². The van der Waals surface area contributed by atoms with E-state index in [-0.39, 0.29) is 6.10 Å². The zero-order chi connectivity index (χ0) is 10.4. The van der Waals surface area contributed by atoms with E-state index < -0.39 is 0 Å². The third-order valence-electron chi connectivity index (χ3n) is 1.77. The normalized spacial score (nSPS) is 12.5. The van der Waals surface area contributed by atoms with E-state index in [1.54, 1.807) is 0 Å². The first kappa shape index (κ1) is 12.9. The minimum Gasteiger partial charge on any atom is -0.762 e. The van der Waals surface area contributed by atoms with E-state index in [2.05, 4.69) is 27.7 Å². The van der Waals surface area contributed by atoms with Crippen LogP contribution in [0, 0.1) is 17.0 Å². The van der Waals surface area contributed by atoms with Gasteiger partial charge in [-0.3, -0.25) is 5.23 Å². The average molecular weight is 188 g/mol. The number of rotatable bonds is 6. The maximum Gasteiger partial charge on any atom is 0.0786 e. The lowest BCUT2D eigenvalue weighted by Gasteiger charge is -2.30. The van der Waals surface area contributed by atoms with Crippen molar-refractivity contribution >= 4 is 0 Å². The fourth-order valence-corrected chi connectivity index (χ4v) is 1.44.